The van der Waals surface area contributed by atoms with Crippen molar-refractivity contribution in [2.24, 2.45) is 5.73 Å². The van der Waals surface area contributed by atoms with Gasteiger partial charge in [0.15, 0.2) is 5.78 Å². The number of nitrogens with one attached hydrogen (secondary N) is 1. The predicted molar refractivity (Wildman–Crippen MR) is 50.8 cm³/mol. The third kappa shape index (κ3) is 2.68. The number of hydrogen-bond donors (Lipinski definition) is 2. The minimum atomic E-state index is 0. The fourth-order valence-electron chi connectivity index (χ4n) is 0.933. The van der Waals surface area contributed by atoms with Crippen molar-refractivity contribution in [3.05, 3.63) is 23.5 Å². The van der Waals surface area contributed by atoms with Crippen LogP contribution in [0.2, 0.25) is 0 Å². The second-order valence-corrected chi connectivity index (χ2v) is 2.52. The second kappa shape index (κ2) is 4.95. The average molecular weight is 189 g/mol. The number of aryl methyl sites for hydroxylation is 1. The summed E-state index contributed by atoms with van der Waals surface area (Å²) >= 11 is 0. The van der Waals surface area contributed by atoms with Gasteiger partial charge in [0.25, 0.3) is 0 Å². The van der Waals surface area contributed by atoms with Gasteiger partial charge in [-0.25, -0.2) is 0 Å². The van der Waals surface area contributed by atoms with Gasteiger partial charge < -0.3 is 10.7 Å². The molecule has 0 amide bonds. The second-order valence-electron chi connectivity index (χ2n) is 2.52. The summed E-state index contributed by atoms with van der Waals surface area (Å²) < 4.78 is 0. The maximum absolute atomic E-state index is 11.1. The molecular weight excluding hydrogens is 176 g/mol. The molecule has 0 saturated carbocycles. The number of hydrogen-bond acceptors (Lipinski definition) is 2. The van der Waals surface area contributed by atoms with E-state index in [0.29, 0.717) is 18.7 Å². The van der Waals surface area contributed by atoms with Gasteiger partial charge in [-0.05, 0) is 25.6 Å². The van der Waals surface area contributed by atoms with Crippen LogP contribution >= 0.6 is 12.4 Å². The Labute approximate surface area is 77.8 Å². The van der Waals surface area contributed by atoms with Crippen molar-refractivity contribution < 1.29 is 4.79 Å². The topological polar surface area (TPSA) is 58.9 Å². The van der Waals surface area contributed by atoms with E-state index in [9.17, 15) is 4.79 Å². The molecule has 0 saturated heterocycles. The van der Waals surface area contributed by atoms with Gasteiger partial charge in [0.2, 0.25) is 0 Å². The lowest BCUT2D eigenvalue weighted by molar-refractivity contribution is 0.0981. The Kier molecular flexibility index (Phi) is 4.62. The molecular formula is C8H13ClN2O. The van der Waals surface area contributed by atoms with Gasteiger partial charge in [-0.15, -0.1) is 12.4 Å². The maximum atomic E-state index is 11.1. The summed E-state index contributed by atoms with van der Waals surface area (Å²) in [5.41, 5.74) is 6.90. The van der Waals surface area contributed by atoms with Crippen LogP contribution in [-0.2, 0) is 0 Å². The molecule has 0 aliphatic heterocycles. The first-order valence-corrected chi connectivity index (χ1v) is 3.63. The Hall–Kier alpha value is -0.800. The number of aromatic nitrogens is 1. The summed E-state index contributed by atoms with van der Waals surface area (Å²) in [4.78, 5) is 14.1. The van der Waals surface area contributed by atoms with Gasteiger partial charge in [0, 0.05) is 12.1 Å². The molecule has 0 unspecified atom stereocenters. The van der Waals surface area contributed by atoms with Crippen LogP contribution in [0.3, 0.4) is 0 Å². The molecule has 0 spiro atoms. The highest BCUT2D eigenvalue weighted by Crippen LogP contribution is 2.02. The van der Waals surface area contributed by atoms with Crippen LogP contribution < -0.4 is 5.73 Å². The van der Waals surface area contributed by atoms with Crippen LogP contribution in [-0.4, -0.2) is 17.3 Å². The summed E-state index contributed by atoms with van der Waals surface area (Å²) in [6, 6.07) is 3.66. The standard InChI is InChI=1S/C8H12N2O.ClH/c1-6-2-3-7(10-6)8(11)4-5-9;/h2-3,10H,4-5,9H2,1H3;1H. The summed E-state index contributed by atoms with van der Waals surface area (Å²) in [6.45, 7) is 2.33. The molecule has 0 radical (unpaired) electrons. The van der Waals surface area contributed by atoms with E-state index in [1.54, 1.807) is 6.07 Å². The Bertz CT molecular complexity index is 257. The number of carbonyl (C=O) groups is 1. The van der Waals surface area contributed by atoms with Crippen molar-refractivity contribution in [2.75, 3.05) is 6.54 Å². The van der Waals surface area contributed by atoms with Crippen molar-refractivity contribution in [3.63, 3.8) is 0 Å². The highest BCUT2D eigenvalue weighted by atomic mass is 35.5. The number of carbonyl (C=O) groups excluding carboxylic acids is 1. The van der Waals surface area contributed by atoms with Gasteiger partial charge in [0.1, 0.15) is 0 Å². The number of halogens is 1. The molecule has 0 fully saturated rings. The molecule has 1 aromatic rings. The van der Waals surface area contributed by atoms with E-state index >= 15 is 0 Å². The maximum Gasteiger partial charge on any atom is 0.180 e. The van der Waals surface area contributed by atoms with Gasteiger partial charge in [-0.3, -0.25) is 4.79 Å². The lowest BCUT2D eigenvalue weighted by atomic mass is 10.2. The molecule has 0 aliphatic rings. The number of rotatable bonds is 3. The zero-order valence-corrected chi connectivity index (χ0v) is 7.78. The molecule has 0 atom stereocenters. The third-order valence-corrected chi connectivity index (χ3v) is 1.50. The summed E-state index contributed by atoms with van der Waals surface area (Å²) in [5.74, 6) is 0.0839. The molecule has 68 valence electrons. The fraction of sp³-hybridized carbons (Fsp3) is 0.375. The lowest BCUT2D eigenvalue weighted by Crippen LogP contribution is -2.08. The average Bonchev–Trinajstić information content (AvgIpc) is 2.36. The molecule has 1 aromatic heterocycles. The number of nitrogens with two attached hydrogens (primary N) is 1. The Morgan fingerprint density at radius 3 is 2.67 bits per heavy atom. The molecule has 0 bridgehead atoms. The number of Topliss-reactive ketones (excluding diaryl/α,β-unsaturated/α-hetero) is 1. The van der Waals surface area contributed by atoms with E-state index in [4.69, 9.17) is 5.73 Å². The van der Waals surface area contributed by atoms with Gasteiger partial charge in [-0.1, -0.05) is 0 Å². The van der Waals surface area contributed by atoms with E-state index in [0.717, 1.165) is 5.69 Å². The number of H-pyrrole nitrogens is 1. The van der Waals surface area contributed by atoms with E-state index in [-0.39, 0.29) is 18.2 Å². The largest absolute Gasteiger partial charge is 0.356 e. The van der Waals surface area contributed by atoms with Crippen LogP contribution in [0.25, 0.3) is 0 Å². The van der Waals surface area contributed by atoms with Crippen molar-refractivity contribution in [3.8, 4) is 0 Å². The molecule has 4 heteroatoms. The van der Waals surface area contributed by atoms with Crippen LogP contribution in [0.5, 0.6) is 0 Å². The first-order valence-electron chi connectivity index (χ1n) is 3.63. The van der Waals surface area contributed by atoms with Crippen LogP contribution in [0, 0.1) is 6.92 Å². The molecule has 0 aromatic carbocycles. The quantitative estimate of drug-likeness (QED) is 0.702. The highest BCUT2D eigenvalue weighted by Gasteiger charge is 2.04. The normalized spacial score (nSPS) is 9.17. The lowest BCUT2D eigenvalue weighted by Gasteiger charge is -1.93. The molecule has 12 heavy (non-hydrogen) atoms. The molecule has 0 aliphatic carbocycles. The van der Waals surface area contributed by atoms with Crippen LogP contribution in [0.1, 0.15) is 22.6 Å². The Balaban J connectivity index is 0.00000121. The van der Waals surface area contributed by atoms with E-state index in [2.05, 4.69) is 4.98 Å². The van der Waals surface area contributed by atoms with Gasteiger partial charge in [0.05, 0.1) is 5.69 Å². The summed E-state index contributed by atoms with van der Waals surface area (Å²) in [5, 5.41) is 0. The van der Waals surface area contributed by atoms with Crippen molar-refractivity contribution in [1.82, 2.24) is 4.98 Å². The molecule has 3 nitrogen and oxygen atoms in total. The Morgan fingerprint density at radius 2 is 2.25 bits per heavy atom. The Morgan fingerprint density at radius 1 is 1.58 bits per heavy atom. The minimum Gasteiger partial charge on any atom is -0.356 e. The zero-order valence-electron chi connectivity index (χ0n) is 6.96. The molecule has 1 heterocycles. The molecule has 1 rings (SSSR count). The fourth-order valence-corrected chi connectivity index (χ4v) is 0.933. The number of aromatic amines is 1. The number of ketones is 1. The first kappa shape index (κ1) is 11.2. The van der Waals surface area contributed by atoms with Crippen molar-refractivity contribution >= 4 is 18.2 Å². The third-order valence-electron chi connectivity index (χ3n) is 1.50. The van der Waals surface area contributed by atoms with Crippen molar-refractivity contribution in [2.45, 2.75) is 13.3 Å². The van der Waals surface area contributed by atoms with E-state index in [1.807, 2.05) is 13.0 Å². The van der Waals surface area contributed by atoms with Crippen LogP contribution in [0.15, 0.2) is 12.1 Å². The van der Waals surface area contributed by atoms with Gasteiger partial charge >= 0.3 is 0 Å². The smallest absolute Gasteiger partial charge is 0.180 e. The summed E-state index contributed by atoms with van der Waals surface area (Å²) in [7, 11) is 0. The van der Waals surface area contributed by atoms with Gasteiger partial charge in [-0.2, -0.15) is 0 Å². The zero-order chi connectivity index (χ0) is 8.27. The SMILES string of the molecule is Cc1ccc(C(=O)CCN)[nH]1.Cl. The van der Waals surface area contributed by atoms with Crippen LogP contribution in [0.4, 0.5) is 0 Å². The van der Waals surface area contributed by atoms with E-state index in [1.165, 1.54) is 0 Å². The minimum absolute atomic E-state index is 0. The summed E-state index contributed by atoms with van der Waals surface area (Å²) in [6.07, 6.45) is 0.417. The monoisotopic (exact) mass is 188 g/mol. The first-order chi connectivity index (χ1) is 5.24. The van der Waals surface area contributed by atoms with E-state index < -0.39 is 0 Å². The highest BCUT2D eigenvalue weighted by molar-refractivity contribution is 5.94. The van der Waals surface area contributed by atoms with Crippen molar-refractivity contribution in [1.29, 1.82) is 0 Å². The predicted octanol–water partition coefficient (Wildman–Crippen LogP) is 1.28. The molecule has 3 N–H and O–H groups in total.